The number of hydrogen-bond donors (Lipinski definition) is 1. The molecule has 18 heavy (non-hydrogen) atoms. The first-order valence-corrected chi connectivity index (χ1v) is 5.48. The van der Waals surface area contributed by atoms with E-state index in [1.807, 2.05) is 6.92 Å². The zero-order valence-corrected chi connectivity index (χ0v) is 10.2. The van der Waals surface area contributed by atoms with Crippen LogP contribution in [0.25, 0.3) is 0 Å². The number of rotatable bonds is 5. The molecule has 0 aromatic heterocycles. The minimum atomic E-state index is -3.02. The number of anilines is 1. The van der Waals surface area contributed by atoms with Crippen LogP contribution in [0.1, 0.15) is 29.3 Å². The summed E-state index contributed by atoms with van der Waals surface area (Å²) in [6.45, 7) is 0.542. The Morgan fingerprint density at radius 3 is 2.67 bits per heavy atom. The summed E-state index contributed by atoms with van der Waals surface area (Å²) >= 11 is 0. The van der Waals surface area contributed by atoms with E-state index in [0.717, 1.165) is 0 Å². The van der Waals surface area contributed by atoms with E-state index in [9.17, 15) is 13.6 Å². The van der Waals surface area contributed by atoms with Crippen LogP contribution in [0.4, 0.5) is 14.5 Å². The lowest BCUT2D eigenvalue weighted by Gasteiger charge is -2.14. The van der Waals surface area contributed by atoms with Crippen molar-refractivity contribution in [2.75, 3.05) is 12.3 Å². The average molecular weight is 259 g/mol. The highest BCUT2D eigenvalue weighted by atomic mass is 19.3. The number of aryl methyl sites for hydroxylation is 1. The van der Waals surface area contributed by atoms with Crippen molar-refractivity contribution >= 4 is 11.7 Å². The van der Waals surface area contributed by atoms with Gasteiger partial charge in [-0.25, -0.2) is 4.79 Å². The fourth-order valence-electron chi connectivity index (χ4n) is 1.42. The van der Waals surface area contributed by atoms with Crippen LogP contribution in [0.3, 0.4) is 0 Å². The molecule has 1 rings (SSSR count). The lowest BCUT2D eigenvalue weighted by atomic mass is 10.1. The lowest BCUT2D eigenvalue weighted by Crippen LogP contribution is -2.14. The Morgan fingerprint density at radius 1 is 1.44 bits per heavy atom. The summed E-state index contributed by atoms with van der Waals surface area (Å²) < 4.78 is 33.9. The summed E-state index contributed by atoms with van der Waals surface area (Å²) in [7, 11) is 0. The smallest absolute Gasteiger partial charge is 0.387 e. The highest BCUT2D eigenvalue weighted by molar-refractivity contribution is 5.98. The van der Waals surface area contributed by atoms with Gasteiger partial charge in [-0.3, -0.25) is 0 Å². The molecule has 0 spiro atoms. The van der Waals surface area contributed by atoms with Crippen LogP contribution in [0.2, 0.25) is 0 Å². The summed E-state index contributed by atoms with van der Waals surface area (Å²) in [5, 5.41) is 0. The van der Waals surface area contributed by atoms with Crippen LogP contribution in [0.15, 0.2) is 12.1 Å². The summed E-state index contributed by atoms with van der Waals surface area (Å²) in [5.41, 5.74) is 5.91. The largest absolute Gasteiger partial charge is 0.462 e. The van der Waals surface area contributed by atoms with Crippen molar-refractivity contribution in [1.82, 2.24) is 0 Å². The molecule has 0 saturated heterocycles. The maximum Gasteiger partial charge on any atom is 0.387 e. The van der Waals surface area contributed by atoms with Crippen molar-refractivity contribution in [2.24, 2.45) is 0 Å². The van der Waals surface area contributed by atoms with Crippen molar-refractivity contribution < 1.29 is 23.0 Å². The zero-order valence-electron chi connectivity index (χ0n) is 10.2. The Bertz CT molecular complexity index is 436. The standard InChI is InChI=1S/C12H15F2NO3/c1-3-6-17-11(16)9-8(15)5-4-7(2)10(9)18-12(13)14/h4-5,12H,3,6,15H2,1-2H3. The number of benzene rings is 1. The molecular formula is C12H15F2NO3. The molecule has 0 atom stereocenters. The molecule has 0 saturated carbocycles. The molecular weight excluding hydrogens is 244 g/mol. The summed E-state index contributed by atoms with van der Waals surface area (Å²) in [6, 6.07) is 2.96. The molecule has 6 heteroatoms. The van der Waals surface area contributed by atoms with E-state index in [-0.39, 0.29) is 23.6 Å². The molecule has 1 aromatic rings. The monoisotopic (exact) mass is 259 g/mol. The van der Waals surface area contributed by atoms with Crippen LogP contribution in [-0.4, -0.2) is 19.2 Å². The fourth-order valence-corrected chi connectivity index (χ4v) is 1.42. The van der Waals surface area contributed by atoms with Gasteiger partial charge in [-0.05, 0) is 25.0 Å². The third kappa shape index (κ3) is 3.32. The predicted molar refractivity (Wildman–Crippen MR) is 62.8 cm³/mol. The summed E-state index contributed by atoms with van der Waals surface area (Å²) in [5.74, 6) is -0.986. The van der Waals surface area contributed by atoms with Gasteiger partial charge in [0.25, 0.3) is 0 Å². The van der Waals surface area contributed by atoms with Gasteiger partial charge in [-0.2, -0.15) is 8.78 Å². The minimum absolute atomic E-state index is 0.0531. The van der Waals surface area contributed by atoms with E-state index in [4.69, 9.17) is 10.5 Å². The molecule has 100 valence electrons. The second kappa shape index (κ2) is 6.18. The molecule has 4 nitrogen and oxygen atoms in total. The second-order valence-corrected chi connectivity index (χ2v) is 3.69. The van der Waals surface area contributed by atoms with E-state index in [1.165, 1.54) is 12.1 Å². The first-order valence-electron chi connectivity index (χ1n) is 5.48. The van der Waals surface area contributed by atoms with Gasteiger partial charge in [-0.15, -0.1) is 0 Å². The van der Waals surface area contributed by atoms with E-state index in [0.29, 0.717) is 12.0 Å². The Balaban J connectivity index is 3.14. The number of nitrogen functional groups attached to an aromatic ring is 1. The van der Waals surface area contributed by atoms with Gasteiger partial charge in [0.15, 0.2) is 0 Å². The SMILES string of the molecule is CCCOC(=O)c1c(N)ccc(C)c1OC(F)F. The third-order valence-electron chi connectivity index (χ3n) is 2.24. The molecule has 2 N–H and O–H groups in total. The summed E-state index contributed by atoms with van der Waals surface area (Å²) in [6.07, 6.45) is 0.627. The first-order chi connectivity index (χ1) is 8.47. The summed E-state index contributed by atoms with van der Waals surface area (Å²) in [4.78, 5) is 11.8. The van der Waals surface area contributed by atoms with Gasteiger partial charge in [0.1, 0.15) is 11.3 Å². The first kappa shape index (κ1) is 14.2. The van der Waals surface area contributed by atoms with Crippen molar-refractivity contribution in [1.29, 1.82) is 0 Å². The number of alkyl halides is 2. The Morgan fingerprint density at radius 2 is 2.11 bits per heavy atom. The van der Waals surface area contributed by atoms with Crippen LogP contribution in [0, 0.1) is 6.92 Å². The van der Waals surface area contributed by atoms with Gasteiger partial charge in [0, 0.05) is 5.69 Å². The fraction of sp³-hybridized carbons (Fsp3) is 0.417. The molecule has 0 bridgehead atoms. The number of halogens is 2. The molecule has 0 unspecified atom stereocenters. The number of carbonyl (C=O) groups excluding carboxylic acids is 1. The van der Waals surface area contributed by atoms with Gasteiger partial charge < -0.3 is 15.2 Å². The molecule has 0 aliphatic rings. The minimum Gasteiger partial charge on any atom is -0.462 e. The van der Waals surface area contributed by atoms with Crippen LogP contribution >= 0.6 is 0 Å². The molecule has 0 heterocycles. The number of ether oxygens (including phenoxy) is 2. The van der Waals surface area contributed by atoms with Crippen molar-refractivity contribution in [3.8, 4) is 5.75 Å². The maximum absolute atomic E-state index is 12.3. The number of hydrogen-bond acceptors (Lipinski definition) is 4. The molecule has 0 radical (unpaired) electrons. The van der Waals surface area contributed by atoms with Crippen LogP contribution in [-0.2, 0) is 4.74 Å². The number of carbonyl (C=O) groups is 1. The van der Waals surface area contributed by atoms with Crippen molar-refractivity contribution in [3.63, 3.8) is 0 Å². The highest BCUT2D eigenvalue weighted by Crippen LogP contribution is 2.30. The van der Waals surface area contributed by atoms with E-state index >= 15 is 0 Å². The Kier molecular flexibility index (Phi) is 4.88. The second-order valence-electron chi connectivity index (χ2n) is 3.69. The van der Waals surface area contributed by atoms with Gasteiger partial charge in [0.05, 0.1) is 6.61 Å². The van der Waals surface area contributed by atoms with Gasteiger partial charge >= 0.3 is 12.6 Å². The molecule has 0 aliphatic heterocycles. The zero-order chi connectivity index (χ0) is 13.7. The van der Waals surface area contributed by atoms with Crippen LogP contribution in [0.5, 0.6) is 5.75 Å². The van der Waals surface area contributed by atoms with Crippen molar-refractivity contribution in [3.05, 3.63) is 23.3 Å². The molecule has 1 aromatic carbocycles. The number of nitrogens with two attached hydrogens (primary N) is 1. The third-order valence-corrected chi connectivity index (χ3v) is 2.24. The van der Waals surface area contributed by atoms with Crippen LogP contribution < -0.4 is 10.5 Å². The maximum atomic E-state index is 12.3. The van der Waals surface area contributed by atoms with E-state index in [1.54, 1.807) is 6.92 Å². The highest BCUT2D eigenvalue weighted by Gasteiger charge is 2.22. The molecule has 0 fully saturated rings. The molecule has 0 amide bonds. The lowest BCUT2D eigenvalue weighted by molar-refractivity contribution is -0.0508. The average Bonchev–Trinajstić information content (AvgIpc) is 2.30. The molecule has 0 aliphatic carbocycles. The van der Waals surface area contributed by atoms with Gasteiger partial charge in [-0.1, -0.05) is 13.0 Å². The predicted octanol–water partition coefficient (Wildman–Crippen LogP) is 2.75. The normalized spacial score (nSPS) is 10.5. The Hall–Kier alpha value is -1.85. The van der Waals surface area contributed by atoms with E-state index in [2.05, 4.69) is 4.74 Å². The quantitative estimate of drug-likeness (QED) is 0.652. The van der Waals surface area contributed by atoms with Crippen molar-refractivity contribution in [2.45, 2.75) is 26.9 Å². The number of esters is 1. The topological polar surface area (TPSA) is 61.5 Å². The van der Waals surface area contributed by atoms with Gasteiger partial charge in [0.2, 0.25) is 0 Å². The van der Waals surface area contributed by atoms with E-state index < -0.39 is 12.6 Å². The Labute approximate surface area is 104 Å².